The number of urea groups is 1. The standard InChI is InChI=1S/C28H46N8O8S/c37-15-18-24(40)25(41)26(44-18)36-28(43)34-20(14-32-36)29-11-6-7-13-31-21(38)9-2-1-5-12-30-22(39)10-4-3-8-19-23-17(16-45-19)33-27(42)35-23/h14,17-19,23-26,37,40-41H,1-13,15-16H2,(H,30,39)(H,31,38)(H,29,34,43)(H2,33,35,42)/t17-,18-,19?,23-,24-,25-,26-/m1/s1. The molecule has 3 aliphatic heterocycles. The van der Waals surface area contributed by atoms with Crippen LogP contribution >= 0.6 is 11.8 Å². The average Bonchev–Trinajstić information content (AvgIpc) is 3.66. The third kappa shape index (κ3) is 10.3. The molecule has 4 heterocycles. The quantitative estimate of drug-likeness (QED) is 0.0661. The zero-order valence-corrected chi connectivity index (χ0v) is 26.2. The first kappa shape index (κ1) is 34.9. The summed E-state index contributed by atoms with van der Waals surface area (Å²) in [5.41, 5.74) is -0.771. The second-order valence-corrected chi connectivity index (χ2v) is 12.9. The molecule has 8 N–H and O–H groups in total. The van der Waals surface area contributed by atoms with E-state index in [1.54, 1.807) is 0 Å². The van der Waals surface area contributed by atoms with Crippen LogP contribution in [0, 0.1) is 0 Å². The highest BCUT2D eigenvalue weighted by atomic mass is 32.2. The molecule has 0 bridgehead atoms. The molecular formula is C28H46N8O8S. The fourth-order valence-corrected chi connectivity index (χ4v) is 7.20. The second kappa shape index (κ2) is 17.6. The SMILES string of the molecule is O=C(CCCCCNC(=O)CCCCC1SC[C@H]2NC(=O)N[C@@H]12)NCCCCNc1cnn([C@@H]2O[C@H](CO)[C@@H](O)[C@H]2O)c(=O)n1. The molecule has 1 aromatic heterocycles. The molecule has 1 unspecified atom stereocenters. The van der Waals surface area contributed by atoms with Gasteiger partial charge in [-0.2, -0.15) is 26.5 Å². The third-order valence-corrected chi connectivity index (χ3v) is 9.70. The number of fused-ring (bicyclic) bond motifs is 1. The Morgan fingerprint density at radius 3 is 2.33 bits per heavy atom. The maximum absolute atomic E-state index is 12.3. The molecule has 7 atom stereocenters. The number of aliphatic hydroxyl groups is 3. The highest BCUT2D eigenvalue weighted by molar-refractivity contribution is 8.00. The van der Waals surface area contributed by atoms with Crippen LogP contribution in [0.15, 0.2) is 11.0 Å². The molecule has 3 saturated heterocycles. The van der Waals surface area contributed by atoms with Gasteiger partial charge in [0.15, 0.2) is 12.0 Å². The molecule has 16 nitrogen and oxygen atoms in total. The van der Waals surface area contributed by atoms with Crippen molar-refractivity contribution in [2.75, 3.05) is 37.3 Å². The van der Waals surface area contributed by atoms with E-state index in [9.17, 15) is 34.5 Å². The van der Waals surface area contributed by atoms with E-state index in [-0.39, 0.29) is 35.7 Å². The van der Waals surface area contributed by atoms with Crippen molar-refractivity contribution in [1.29, 1.82) is 0 Å². The van der Waals surface area contributed by atoms with E-state index in [0.717, 1.165) is 61.8 Å². The molecule has 252 valence electrons. The maximum Gasteiger partial charge on any atom is 0.368 e. The van der Waals surface area contributed by atoms with Crippen molar-refractivity contribution in [1.82, 2.24) is 36.0 Å². The smallest absolute Gasteiger partial charge is 0.368 e. The van der Waals surface area contributed by atoms with E-state index in [4.69, 9.17) is 4.74 Å². The van der Waals surface area contributed by atoms with Gasteiger partial charge in [-0.15, -0.1) is 0 Å². The number of nitrogens with zero attached hydrogens (tertiary/aromatic N) is 3. The number of thioether (sulfide) groups is 1. The van der Waals surface area contributed by atoms with Crippen LogP contribution < -0.4 is 32.3 Å². The Morgan fingerprint density at radius 2 is 1.64 bits per heavy atom. The van der Waals surface area contributed by atoms with Gasteiger partial charge in [-0.1, -0.05) is 12.8 Å². The lowest BCUT2D eigenvalue weighted by Gasteiger charge is -2.16. The molecule has 0 aliphatic carbocycles. The minimum absolute atomic E-state index is 0.00829. The van der Waals surface area contributed by atoms with Gasteiger partial charge >= 0.3 is 11.7 Å². The normalized spacial score (nSPS) is 27.1. The highest BCUT2D eigenvalue weighted by Crippen LogP contribution is 2.33. The van der Waals surface area contributed by atoms with E-state index in [2.05, 4.69) is 36.7 Å². The van der Waals surface area contributed by atoms with Gasteiger partial charge in [0.25, 0.3) is 0 Å². The molecule has 17 heteroatoms. The molecule has 4 rings (SSSR count). The van der Waals surface area contributed by atoms with Crippen LogP contribution in [0.2, 0.25) is 0 Å². The van der Waals surface area contributed by atoms with E-state index < -0.39 is 36.8 Å². The summed E-state index contributed by atoms with van der Waals surface area (Å²) in [4.78, 5) is 51.8. The number of nitrogens with one attached hydrogen (secondary N) is 5. The third-order valence-electron chi connectivity index (χ3n) is 8.19. The predicted molar refractivity (Wildman–Crippen MR) is 165 cm³/mol. The van der Waals surface area contributed by atoms with Gasteiger partial charge in [0.05, 0.1) is 24.9 Å². The van der Waals surface area contributed by atoms with Crippen LogP contribution in [-0.4, -0.2) is 116 Å². The lowest BCUT2D eigenvalue weighted by atomic mass is 10.0. The summed E-state index contributed by atoms with van der Waals surface area (Å²) >= 11 is 1.89. The number of hydrogen-bond donors (Lipinski definition) is 8. The largest absolute Gasteiger partial charge is 0.394 e. The minimum atomic E-state index is -1.42. The van der Waals surface area contributed by atoms with Crippen LogP contribution in [0.3, 0.4) is 0 Å². The minimum Gasteiger partial charge on any atom is -0.394 e. The number of aromatic nitrogens is 3. The van der Waals surface area contributed by atoms with Crippen LogP contribution in [-0.2, 0) is 14.3 Å². The first-order valence-electron chi connectivity index (χ1n) is 15.8. The van der Waals surface area contributed by atoms with Gasteiger partial charge in [-0.05, 0) is 38.5 Å². The van der Waals surface area contributed by atoms with Crippen molar-refractivity contribution in [2.24, 2.45) is 0 Å². The number of hydrogen-bond acceptors (Lipinski definition) is 12. The van der Waals surface area contributed by atoms with Crippen molar-refractivity contribution in [3.63, 3.8) is 0 Å². The number of unbranched alkanes of at least 4 members (excludes halogenated alkanes) is 4. The van der Waals surface area contributed by atoms with Crippen LogP contribution in [0.25, 0.3) is 0 Å². The molecule has 4 amide bonds. The molecular weight excluding hydrogens is 608 g/mol. The highest BCUT2D eigenvalue weighted by Gasteiger charge is 2.44. The number of carbonyl (C=O) groups is 3. The lowest BCUT2D eigenvalue weighted by Crippen LogP contribution is -2.37. The van der Waals surface area contributed by atoms with Crippen molar-refractivity contribution >= 4 is 35.4 Å². The lowest BCUT2D eigenvalue weighted by molar-refractivity contribution is -0.122. The van der Waals surface area contributed by atoms with Crippen molar-refractivity contribution in [3.8, 4) is 0 Å². The Bertz CT molecular complexity index is 1190. The Kier molecular flexibility index (Phi) is 13.7. The van der Waals surface area contributed by atoms with Crippen LogP contribution in [0.1, 0.15) is 70.4 Å². The van der Waals surface area contributed by atoms with Crippen molar-refractivity contribution < 1.29 is 34.4 Å². The summed E-state index contributed by atoms with van der Waals surface area (Å²) in [6.45, 7) is 1.13. The summed E-state index contributed by atoms with van der Waals surface area (Å²) in [6, 6.07) is 0.365. The number of anilines is 1. The summed E-state index contributed by atoms with van der Waals surface area (Å²) < 4.78 is 6.13. The zero-order valence-electron chi connectivity index (χ0n) is 25.4. The fraction of sp³-hybridized carbons (Fsp3) is 0.786. The van der Waals surface area contributed by atoms with Gasteiger partial charge in [-0.3, -0.25) is 9.59 Å². The van der Waals surface area contributed by atoms with Crippen LogP contribution in [0.5, 0.6) is 0 Å². The van der Waals surface area contributed by atoms with Crippen molar-refractivity contribution in [3.05, 3.63) is 16.7 Å². The van der Waals surface area contributed by atoms with E-state index in [1.807, 2.05) is 11.8 Å². The Morgan fingerprint density at radius 1 is 0.956 bits per heavy atom. The maximum atomic E-state index is 12.3. The topological polar surface area (TPSA) is 229 Å². The summed E-state index contributed by atoms with van der Waals surface area (Å²) in [5.74, 6) is 1.24. The second-order valence-electron chi connectivity index (χ2n) is 11.6. The number of ether oxygens (including phenoxy) is 1. The summed E-state index contributed by atoms with van der Waals surface area (Å²) in [5, 5.41) is 48.3. The molecule has 0 aromatic carbocycles. The van der Waals surface area contributed by atoms with Gasteiger partial charge in [-0.25, -0.2) is 9.59 Å². The molecule has 45 heavy (non-hydrogen) atoms. The van der Waals surface area contributed by atoms with Gasteiger partial charge in [0, 0.05) is 43.5 Å². The number of amides is 4. The monoisotopic (exact) mass is 654 g/mol. The van der Waals surface area contributed by atoms with E-state index in [1.165, 1.54) is 6.20 Å². The number of carbonyl (C=O) groups excluding carboxylic acids is 3. The first-order chi connectivity index (χ1) is 21.8. The number of rotatable bonds is 19. The van der Waals surface area contributed by atoms with Gasteiger partial charge in [0.1, 0.15) is 18.3 Å². The Labute approximate surface area is 265 Å². The van der Waals surface area contributed by atoms with Gasteiger partial charge < -0.3 is 46.6 Å². The van der Waals surface area contributed by atoms with Crippen molar-refractivity contribution in [2.45, 2.75) is 106 Å². The summed E-state index contributed by atoms with van der Waals surface area (Å²) in [7, 11) is 0. The first-order valence-corrected chi connectivity index (χ1v) is 16.9. The average molecular weight is 655 g/mol. The molecule has 0 spiro atoms. The molecule has 3 aliphatic rings. The Balaban J connectivity index is 0.947. The fourth-order valence-electron chi connectivity index (χ4n) is 5.65. The number of aliphatic hydroxyl groups excluding tert-OH is 3. The summed E-state index contributed by atoms with van der Waals surface area (Å²) in [6.07, 6.45) is 3.90. The molecule has 0 radical (unpaired) electrons. The molecule has 0 saturated carbocycles. The van der Waals surface area contributed by atoms with Gasteiger partial charge in [0.2, 0.25) is 11.8 Å². The van der Waals surface area contributed by atoms with E-state index in [0.29, 0.717) is 37.7 Å². The zero-order chi connectivity index (χ0) is 32.2. The van der Waals surface area contributed by atoms with Crippen LogP contribution in [0.4, 0.5) is 10.6 Å². The Hall–Kier alpha value is -2.99. The van der Waals surface area contributed by atoms with E-state index >= 15 is 0 Å². The molecule has 1 aromatic rings. The predicted octanol–water partition coefficient (Wildman–Crippen LogP) is -1.04. The molecule has 3 fully saturated rings.